The summed E-state index contributed by atoms with van der Waals surface area (Å²) >= 11 is 0. The number of ether oxygens (including phenoxy) is 1. The molecule has 0 aromatic heterocycles. The molecule has 0 unspecified atom stereocenters. The van der Waals surface area contributed by atoms with Gasteiger partial charge in [0.05, 0.1) is 6.61 Å². The van der Waals surface area contributed by atoms with Gasteiger partial charge in [-0.2, -0.15) is 0 Å². The predicted octanol–water partition coefficient (Wildman–Crippen LogP) is 1.29. The van der Waals surface area contributed by atoms with Crippen molar-refractivity contribution in [3.05, 3.63) is 29.3 Å². The van der Waals surface area contributed by atoms with Gasteiger partial charge in [0.25, 0.3) is 12.3 Å². The van der Waals surface area contributed by atoms with Crippen LogP contribution in [0.15, 0.2) is 18.2 Å². The van der Waals surface area contributed by atoms with E-state index in [9.17, 15) is 13.6 Å². The number of anilines is 1. The van der Waals surface area contributed by atoms with E-state index in [1.165, 1.54) is 0 Å². The number of alkyl halides is 2. The fraction of sp³-hybridized carbons (Fsp3) is 0.417. The van der Waals surface area contributed by atoms with Gasteiger partial charge in [-0.25, -0.2) is 8.78 Å². The summed E-state index contributed by atoms with van der Waals surface area (Å²) in [5.74, 6) is 4.98. The highest BCUT2D eigenvalue weighted by Gasteiger charge is 2.09. The Morgan fingerprint density at radius 2 is 2.21 bits per heavy atom. The first-order valence-corrected chi connectivity index (χ1v) is 5.76. The van der Waals surface area contributed by atoms with E-state index >= 15 is 0 Å². The van der Waals surface area contributed by atoms with Crippen LogP contribution in [0.3, 0.4) is 0 Å². The lowest BCUT2D eigenvalue weighted by atomic mass is 10.1. The molecule has 0 aliphatic carbocycles. The molecule has 0 fully saturated rings. The van der Waals surface area contributed by atoms with Crippen LogP contribution in [0.4, 0.5) is 14.5 Å². The Hall–Kier alpha value is -1.73. The van der Waals surface area contributed by atoms with Crippen molar-refractivity contribution in [2.45, 2.75) is 13.3 Å². The number of amides is 1. The van der Waals surface area contributed by atoms with Gasteiger partial charge >= 0.3 is 0 Å². The number of carbonyl (C=O) groups is 1. The summed E-state index contributed by atoms with van der Waals surface area (Å²) in [6.45, 7) is 1.40. The van der Waals surface area contributed by atoms with E-state index in [4.69, 9.17) is 5.84 Å². The predicted molar refractivity (Wildman–Crippen MR) is 68.1 cm³/mol. The Balaban J connectivity index is 2.41. The van der Waals surface area contributed by atoms with Crippen LogP contribution >= 0.6 is 0 Å². The molecule has 7 heteroatoms. The minimum Gasteiger partial charge on any atom is -0.374 e. The van der Waals surface area contributed by atoms with Gasteiger partial charge in [-0.1, -0.05) is 0 Å². The average molecular weight is 273 g/mol. The van der Waals surface area contributed by atoms with E-state index in [0.717, 1.165) is 5.56 Å². The van der Waals surface area contributed by atoms with Crippen molar-refractivity contribution in [2.24, 2.45) is 5.84 Å². The number of hydrogen-bond donors (Lipinski definition) is 3. The fourth-order valence-corrected chi connectivity index (χ4v) is 1.51. The zero-order valence-corrected chi connectivity index (χ0v) is 10.6. The second kappa shape index (κ2) is 7.65. The van der Waals surface area contributed by atoms with Crippen LogP contribution < -0.4 is 16.6 Å². The Labute approximate surface area is 110 Å². The minimum absolute atomic E-state index is 0.0531. The van der Waals surface area contributed by atoms with Gasteiger partial charge < -0.3 is 15.5 Å². The number of nitrogen functional groups attached to an aromatic ring is 1. The van der Waals surface area contributed by atoms with Crippen molar-refractivity contribution in [2.75, 3.05) is 25.2 Å². The maximum Gasteiger partial charge on any atom is 0.261 e. The number of halogens is 2. The van der Waals surface area contributed by atoms with Crippen LogP contribution in [0, 0.1) is 6.92 Å². The number of carbonyl (C=O) groups excluding carboxylic acids is 1. The lowest BCUT2D eigenvalue weighted by molar-refractivity contribution is 0.0188. The maximum atomic E-state index is 11.8. The highest BCUT2D eigenvalue weighted by molar-refractivity contribution is 5.96. The van der Waals surface area contributed by atoms with Gasteiger partial charge in [0, 0.05) is 17.8 Å². The number of hydrogen-bond acceptors (Lipinski definition) is 4. The Bertz CT molecular complexity index is 427. The molecule has 0 aliphatic rings. The zero-order valence-electron chi connectivity index (χ0n) is 10.6. The second-order valence-electron chi connectivity index (χ2n) is 3.90. The topological polar surface area (TPSA) is 76.4 Å². The van der Waals surface area contributed by atoms with Crippen LogP contribution in [0.5, 0.6) is 0 Å². The smallest absolute Gasteiger partial charge is 0.261 e. The van der Waals surface area contributed by atoms with E-state index < -0.39 is 13.0 Å². The number of nitrogens with one attached hydrogen (secondary N) is 2. The Morgan fingerprint density at radius 3 is 2.79 bits per heavy atom. The van der Waals surface area contributed by atoms with Crippen molar-refractivity contribution in [1.29, 1.82) is 0 Å². The second-order valence-corrected chi connectivity index (χ2v) is 3.90. The van der Waals surface area contributed by atoms with Gasteiger partial charge in [0.1, 0.15) is 6.61 Å². The lowest BCUT2D eigenvalue weighted by Gasteiger charge is -2.09. The molecular weight excluding hydrogens is 256 g/mol. The van der Waals surface area contributed by atoms with E-state index in [1.54, 1.807) is 25.1 Å². The van der Waals surface area contributed by atoms with Crippen molar-refractivity contribution in [3.63, 3.8) is 0 Å². The fourth-order valence-electron chi connectivity index (χ4n) is 1.51. The molecule has 0 saturated heterocycles. The molecule has 1 rings (SSSR count). The molecule has 106 valence electrons. The third-order valence-corrected chi connectivity index (χ3v) is 2.41. The van der Waals surface area contributed by atoms with E-state index in [2.05, 4.69) is 15.5 Å². The minimum atomic E-state index is -2.49. The molecule has 0 spiro atoms. The molecule has 0 heterocycles. The van der Waals surface area contributed by atoms with Crippen molar-refractivity contribution >= 4 is 11.6 Å². The molecule has 0 bridgehead atoms. The van der Waals surface area contributed by atoms with E-state index in [0.29, 0.717) is 11.3 Å². The van der Waals surface area contributed by atoms with Crippen LogP contribution in [0.25, 0.3) is 0 Å². The van der Waals surface area contributed by atoms with Crippen LogP contribution in [0.2, 0.25) is 0 Å². The molecule has 1 amide bonds. The first-order chi connectivity index (χ1) is 9.04. The molecule has 19 heavy (non-hydrogen) atoms. The highest BCUT2D eigenvalue weighted by atomic mass is 19.3. The third kappa shape index (κ3) is 5.19. The highest BCUT2D eigenvalue weighted by Crippen LogP contribution is 2.13. The monoisotopic (exact) mass is 273 g/mol. The van der Waals surface area contributed by atoms with Gasteiger partial charge in [0.2, 0.25) is 0 Å². The van der Waals surface area contributed by atoms with Crippen LogP contribution in [-0.4, -0.2) is 32.1 Å². The summed E-state index contributed by atoms with van der Waals surface area (Å²) in [5.41, 5.74) is 4.46. The molecule has 1 aromatic carbocycles. The van der Waals surface area contributed by atoms with Gasteiger partial charge in [0.15, 0.2) is 0 Å². The standard InChI is InChI=1S/C12H17F2N3O2/c1-8-6-9(17-15)2-3-10(8)12(18)16-4-5-19-7-11(13)14/h2-3,6,11,17H,4-5,7,15H2,1H3,(H,16,18). The zero-order chi connectivity index (χ0) is 14.3. The number of hydrazine groups is 1. The summed E-state index contributed by atoms with van der Waals surface area (Å²) in [7, 11) is 0. The van der Waals surface area contributed by atoms with Gasteiger partial charge in [-0.15, -0.1) is 0 Å². The number of aryl methyl sites for hydroxylation is 1. The SMILES string of the molecule is Cc1cc(NN)ccc1C(=O)NCCOCC(F)F. The molecule has 0 radical (unpaired) electrons. The van der Waals surface area contributed by atoms with Gasteiger partial charge in [-0.3, -0.25) is 10.6 Å². The molecule has 0 saturated carbocycles. The van der Waals surface area contributed by atoms with Crippen molar-refractivity contribution in [3.8, 4) is 0 Å². The maximum absolute atomic E-state index is 11.8. The lowest BCUT2D eigenvalue weighted by Crippen LogP contribution is -2.28. The van der Waals surface area contributed by atoms with Crippen molar-refractivity contribution < 1.29 is 18.3 Å². The number of rotatable bonds is 7. The largest absolute Gasteiger partial charge is 0.374 e. The molecule has 0 aliphatic heterocycles. The summed E-state index contributed by atoms with van der Waals surface area (Å²) in [4.78, 5) is 11.8. The summed E-state index contributed by atoms with van der Waals surface area (Å²) in [5, 5.41) is 2.59. The molecule has 4 N–H and O–H groups in total. The normalized spacial score (nSPS) is 10.6. The van der Waals surface area contributed by atoms with Crippen LogP contribution in [0.1, 0.15) is 15.9 Å². The van der Waals surface area contributed by atoms with E-state index in [1.807, 2.05) is 0 Å². The first kappa shape index (κ1) is 15.3. The van der Waals surface area contributed by atoms with Gasteiger partial charge in [-0.05, 0) is 30.7 Å². The quantitative estimate of drug-likeness (QED) is 0.397. The summed E-state index contributed by atoms with van der Waals surface area (Å²) < 4.78 is 28.2. The average Bonchev–Trinajstić information content (AvgIpc) is 2.37. The summed E-state index contributed by atoms with van der Waals surface area (Å²) in [6, 6.07) is 5.05. The summed E-state index contributed by atoms with van der Waals surface area (Å²) in [6.07, 6.45) is -2.49. The molecule has 0 atom stereocenters. The molecule has 5 nitrogen and oxygen atoms in total. The first-order valence-electron chi connectivity index (χ1n) is 5.76. The Morgan fingerprint density at radius 1 is 1.47 bits per heavy atom. The third-order valence-electron chi connectivity index (χ3n) is 2.41. The van der Waals surface area contributed by atoms with Crippen molar-refractivity contribution in [1.82, 2.24) is 5.32 Å². The Kier molecular flexibility index (Phi) is 6.17. The van der Waals surface area contributed by atoms with Crippen LogP contribution in [-0.2, 0) is 4.74 Å². The number of benzene rings is 1. The van der Waals surface area contributed by atoms with E-state index in [-0.39, 0.29) is 19.1 Å². The molecule has 1 aromatic rings. The number of nitrogens with two attached hydrogens (primary N) is 1. The molecular formula is C12H17F2N3O2.